The van der Waals surface area contributed by atoms with Crippen LogP contribution in [0.4, 0.5) is 11.4 Å². The van der Waals surface area contributed by atoms with Crippen molar-refractivity contribution in [3.05, 3.63) is 85.5 Å². The van der Waals surface area contributed by atoms with Crippen LogP contribution in [-0.2, 0) is 20.7 Å². The van der Waals surface area contributed by atoms with Crippen LogP contribution >= 0.6 is 0 Å². The predicted molar refractivity (Wildman–Crippen MR) is 158 cm³/mol. The van der Waals surface area contributed by atoms with E-state index in [9.17, 15) is 34.9 Å². The summed E-state index contributed by atoms with van der Waals surface area (Å²) in [6, 6.07) is 8.46. The molecule has 1 heterocycles. The van der Waals surface area contributed by atoms with Gasteiger partial charge in [0, 0.05) is 48.8 Å². The second-order valence-corrected chi connectivity index (χ2v) is 10.9. The Morgan fingerprint density at radius 1 is 1.18 bits per heavy atom. The number of rotatable bonds is 12. The average molecular weight is 607 g/mol. The molecule has 4 rings (SSSR count). The first-order chi connectivity index (χ1) is 21.0. The summed E-state index contributed by atoms with van der Waals surface area (Å²) in [6.45, 7) is 3.60. The van der Waals surface area contributed by atoms with Crippen molar-refractivity contribution in [2.75, 3.05) is 7.11 Å². The van der Waals surface area contributed by atoms with Crippen LogP contribution in [0.15, 0.2) is 48.6 Å². The summed E-state index contributed by atoms with van der Waals surface area (Å²) in [6.07, 6.45) is 3.73. The van der Waals surface area contributed by atoms with E-state index < -0.39 is 45.3 Å². The van der Waals surface area contributed by atoms with E-state index in [1.54, 1.807) is 19.1 Å². The predicted octanol–water partition coefficient (Wildman–Crippen LogP) is 5.06. The van der Waals surface area contributed by atoms with Crippen LogP contribution in [0.1, 0.15) is 66.9 Å². The molecule has 12 heteroatoms. The zero-order chi connectivity index (χ0) is 32.0. The number of carbonyl (C=O) groups excluding carboxylic acids is 2. The summed E-state index contributed by atoms with van der Waals surface area (Å²) in [4.78, 5) is 45.9. The van der Waals surface area contributed by atoms with Crippen molar-refractivity contribution in [2.24, 2.45) is 11.8 Å². The van der Waals surface area contributed by atoms with E-state index in [0.717, 1.165) is 35.1 Å². The number of benzene rings is 2. The highest BCUT2D eigenvalue weighted by atomic mass is 16.6. The Morgan fingerprint density at radius 2 is 1.89 bits per heavy atom. The molecule has 6 atom stereocenters. The van der Waals surface area contributed by atoms with Crippen LogP contribution in [-0.4, -0.2) is 52.3 Å². The number of nitro groups is 2. The van der Waals surface area contributed by atoms with Crippen molar-refractivity contribution >= 4 is 23.3 Å². The van der Waals surface area contributed by atoms with Crippen LogP contribution in [0.25, 0.3) is 0 Å². The molecule has 1 aliphatic carbocycles. The number of carbonyl (C=O) groups is 2. The van der Waals surface area contributed by atoms with Crippen LogP contribution in [0, 0.1) is 43.9 Å². The second kappa shape index (κ2) is 14.1. The highest BCUT2D eigenvalue weighted by Gasteiger charge is 2.51. The number of esters is 2. The number of hydrogen-bond donors (Lipinski definition) is 1. The van der Waals surface area contributed by atoms with Gasteiger partial charge in [0.25, 0.3) is 11.4 Å². The molecular weight excluding hydrogens is 572 g/mol. The van der Waals surface area contributed by atoms with Gasteiger partial charge in [0.15, 0.2) is 0 Å². The van der Waals surface area contributed by atoms with Crippen molar-refractivity contribution in [2.45, 2.75) is 70.2 Å². The van der Waals surface area contributed by atoms with Crippen LogP contribution < -0.4 is 4.74 Å². The smallest absolute Gasteiger partial charge is 0.338 e. The third-order valence-electron chi connectivity index (χ3n) is 8.05. The van der Waals surface area contributed by atoms with Crippen molar-refractivity contribution < 1.29 is 38.8 Å². The maximum absolute atomic E-state index is 13.2. The van der Waals surface area contributed by atoms with Gasteiger partial charge in [-0.05, 0) is 31.2 Å². The van der Waals surface area contributed by atoms with E-state index in [-0.39, 0.29) is 42.3 Å². The minimum absolute atomic E-state index is 0.157. The first-order valence-electron chi connectivity index (χ1n) is 14.3. The standard InChI is InChI=1S/C32H34N2O10/c1-4-5-8-19(2)26(35)14-13-24-27(44-32(37)21-15-22(33(38)39)17-23(16-21)34(40)41)18-28-30(24)25-11-6-9-20(31(25)43-28)10-7-12-29(36)42-3/h6,9,11,13-17,19,24,26-28,30,35H,7-8,10,12,18H2,1-3H3/b14-13+/t19?,24-,26-,27+,28-,30-/m1/s1. The Balaban J connectivity index is 1.63. The fourth-order valence-corrected chi connectivity index (χ4v) is 5.74. The molecule has 1 unspecified atom stereocenters. The first kappa shape index (κ1) is 32.2. The number of para-hydroxylation sites is 1. The zero-order valence-electron chi connectivity index (χ0n) is 24.6. The number of ether oxygens (including phenoxy) is 3. The molecule has 1 N–H and O–H groups in total. The van der Waals surface area contributed by atoms with Gasteiger partial charge in [0.05, 0.1) is 34.7 Å². The molecule has 2 aromatic rings. The lowest BCUT2D eigenvalue weighted by Crippen LogP contribution is -2.24. The Kier molecular flexibility index (Phi) is 10.3. The third kappa shape index (κ3) is 7.23. The number of non-ortho nitro benzene ring substituents is 2. The van der Waals surface area contributed by atoms with Gasteiger partial charge in [0.1, 0.15) is 18.0 Å². The minimum atomic E-state index is -0.941. The molecule has 2 aromatic carbocycles. The lowest BCUT2D eigenvalue weighted by molar-refractivity contribution is -0.394. The van der Waals surface area contributed by atoms with Gasteiger partial charge in [-0.2, -0.15) is 0 Å². The molecule has 232 valence electrons. The molecule has 0 saturated heterocycles. The van der Waals surface area contributed by atoms with E-state index in [0.29, 0.717) is 19.3 Å². The largest absolute Gasteiger partial charge is 0.489 e. The SMILES string of the molecule is CC#CCC(C)[C@H](O)/C=C/[C@H]1[C@@H]2c3cccc(CCCC(=O)OC)c3O[C@@H]2C[C@@H]1OC(=O)c1cc([N+](=O)[O-])cc([N+](=O)[O-])c1. The van der Waals surface area contributed by atoms with Gasteiger partial charge in [0.2, 0.25) is 0 Å². The van der Waals surface area contributed by atoms with Crippen LogP contribution in [0.2, 0.25) is 0 Å². The second-order valence-electron chi connectivity index (χ2n) is 10.9. The van der Waals surface area contributed by atoms with Gasteiger partial charge in [-0.25, -0.2) is 4.79 Å². The number of aliphatic hydroxyl groups is 1. The Labute approximate surface area is 254 Å². The fourth-order valence-electron chi connectivity index (χ4n) is 5.74. The van der Waals surface area contributed by atoms with Crippen molar-refractivity contribution in [1.29, 1.82) is 0 Å². The summed E-state index contributed by atoms with van der Waals surface area (Å²) in [7, 11) is 1.35. The van der Waals surface area contributed by atoms with E-state index in [1.165, 1.54) is 7.11 Å². The fraction of sp³-hybridized carbons (Fsp3) is 0.438. The molecular formula is C32H34N2O10. The number of aliphatic hydroxyl groups excluding tert-OH is 1. The number of nitrogens with zero attached hydrogens (tertiary/aromatic N) is 2. The van der Waals surface area contributed by atoms with Gasteiger partial charge >= 0.3 is 11.9 Å². The molecule has 0 spiro atoms. The van der Waals surface area contributed by atoms with Gasteiger partial charge < -0.3 is 19.3 Å². The molecule has 2 aliphatic rings. The molecule has 12 nitrogen and oxygen atoms in total. The summed E-state index contributed by atoms with van der Waals surface area (Å²) < 4.78 is 17.0. The van der Waals surface area contributed by atoms with Crippen molar-refractivity contribution in [1.82, 2.24) is 0 Å². The number of hydrogen-bond acceptors (Lipinski definition) is 10. The highest BCUT2D eigenvalue weighted by Crippen LogP contribution is 2.53. The minimum Gasteiger partial charge on any atom is -0.489 e. The number of aryl methyl sites for hydroxylation is 1. The molecule has 1 saturated carbocycles. The van der Waals surface area contributed by atoms with E-state index in [1.807, 2.05) is 25.1 Å². The molecule has 0 aromatic heterocycles. The topological polar surface area (TPSA) is 168 Å². The monoisotopic (exact) mass is 606 g/mol. The Morgan fingerprint density at radius 3 is 2.52 bits per heavy atom. The maximum Gasteiger partial charge on any atom is 0.338 e. The lowest BCUT2D eigenvalue weighted by Gasteiger charge is -2.22. The molecule has 0 bridgehead atoms. The average Bonchev–Trinajstić information content (AvgIpc) is 3.54. The Bertz CT molecular complexity index is 1490. The number of methoxy groups -OCH3 is 1. The molecule has 0 amide bonds. The van der Waals surface area contributed by atoms with E-state index in [2.05, 4.69) is 11.8 Å². The van der Waals surface area contributed by atoms with Crippen LogP contribution in [0.5, 0.6) is 5.75 Å². The number of nitro benzene ring substituents is 2. The van der Waals surface area contributed by atoms with Crippen LogP contribution in [0.3, 0.4) is 0 Å². The summed E-state index contributed by atoms with van der Waals surface area (Å²) >= 11 is 0. The zero-order valence-corrected chi connectivity index (χ0v) is 24.6. The van der Waals surface area contributed by atoms with E-state index >= 15 is 0 Å². The molecule has 1 fully saturated rings. The van der Waals surface area contributed by atoms with E-state index in [4.69, 9.17) is 14.2 Å². The molecule has 0 radical (unpaired) electrons. The number of fused-ring (bicyclic) bond motifs is 3. The molecule has 44 heavy (non-hydrogen) atoms. The van der Waals surface area contributed by atoms with Crippen molar-refractivity contribution in [3.63, 3.8) is 0 Å². The first-order valence-corrected chi connectivity index (χ1v) is 14.3. The maximum atomic E-state index is 13.2. The van der Waals surface area contributed by atoms with Gasteiger partial charge in [-0.15, -0.1) is 11.8 Å². The van der Waals surface area contributed by atoms with Crippen molar-refractivity contribution in [3.8, 4) is 17.6 Å². The normalized spacial score (nSPS) is 21.3. The Hall–Kier alpha value is -4.76. The molecule has 1 aliphatic heterocycles. The third-order valence-corrected chi connectivity index (χ3v) is 8.05. The quantitative estimate of drug-likeness (QED) is 0.113. The summed E-state index contributed by atoms with van der Waals surface area (Å²) in [5.41, 5.74) is 0.328. The summed E-state index contributed by atoms with van der Waals surface area (Å²) in [5.74, 6) is 4.43. The van der Waals surface area contributed by atoms with Gasteiger partial charge in [-0.3, -0.25) is 25.0 Å². The summed E-state index contributed by atoms with van der Waals surface area (Å²) in [5, 5.41) is 33.5. The lowest BCUT2D eigenvalue weighted by atomic mass is 9.86. The highest BCUT2D eigenvalue weighted by molar-refractivity contribution is 5.91. The van der Waals surface area contributed by atoms with Gasteiger partial charge in [-0.1, -0.05) is 37.3 Å².